The van der Waals surface area contributed by atoms with Gasteiger partial charge in [-0.05, 0) is 61.7 Å². The van der Waals surface area contributed by atoms with Gasteiger partial charge in [0.1, 0.15) is 5.82 Å². The zero-order valence-corrected chi connectivity index (χ0v) is 17.2. The van der Waals surface area contributed by atoms with Gasteiger partial charge in [0.2, 0.25) is 15.8 Å². The van der Waals surface area contributed by atoms with Crippen LogP contribution in [0.3, 0.4) is 0 Å². The minimum atomic E-state index is -3.85. The smallest absolute Gasteiger partial charge is 0.341 e. The van der Waals surface area contributed by atoms with Crippen LogP contribution in [0.4, 0.5) is 4.39 Å². The maximum Gasteiger partial charge on any atom is 0.341 e. The van der Waals surface area contributed by atoms with E-state index in [0.29, 0.717) is 5.56 Å². The average molecular weight is 407 g/mol. The molecular weight excluding hydrogens is 385 g/mol. The summed E-state index contributed by atoms with van der Waals surface area (Å²) in [4.78, 5) is 24.4. The highest BCUT2D eigenvalue weighted by molar-refractivity contribution is 7.89. The van der Waals surface area contributed by atoms with Crippen molar-refractivity contribution >= 4 is 21.8 Å². The van der Waals surface area contributed by atoms with Crippen molar-refractivity contribution in [3.05, 3.63) is 64.0 Å². The van der Waals surface area contributed by atoms with Gasteiger partial charge in [0, 0.05) is 19.7 Å². The molecule has 6 nitrogen and oxygen atoms in total. The number of ketones is 1. The zero-order valence-electron chi connectivity index (χ0n) is 16.4. The minimum absolute atomic E-state index is 0.248. The average Bonchev–Trinajstić information content (AvgIpc) is 2.62. The number of benzene rings is 2. The van der Waals surface area contributed by atoms with Crippen LogP contribution in [0.25, 0.3) is 0 Å². The fraction of sp³-hybridized carbons (Fsp3) is 0.300. The van der Waals surface area contributed by atoms with E-state index in [0.717, 1.165) is 39.2 Å². The van der Waals surface area contributed by atoms with E-state index in [1.165, 1.54) is 14.1 Å². The van der Waals surface area contributed by atoms with Gasteiger partial charge in [0.15, 0.2) is 6.61 Å². The second-order valence-corrected chi connectivity index (χ2v) is 8.83. The Morgan fingerprint density at radius 1 is 0.964 bits per heavy atom. The molecule has 2 rings (SSSR count). The van der Waals surface area contributed by atoms with E-state index in [4.69, 9.17) is 4.74 Å². The van der Waals surface area contributed by atoms with Crippen molar-refractivity contribution in [1.82, 2.24) is 4.31 Å². The van der Waals surface area contributed by atoms with Gasteiger partial charge in [-0.25, -0.2) is 21.9 Å². The summed E-state index contributed by atoms with van der Waals surface area (Å²) in [5.74, 6) is -2.47. The number of rotatable bonds is 6. The van der Waals surface area contributed by atoms with Gasteiger partial charge in [0.05, 0.1) is 10.5 Å². The largest absolute Gasteiger partial charge is 0.454 e. The number of esters is 1. The number of sulfonamides is 1. The Kier molecular flexibility index (Phi) is 6.36. The van der Waals surface area contributed by atoms with Gasteiger partial charge in [-0.2, -0.15) is 0 Å². The van der Waals surface area contributed by atoms with Crippen LogP contribution in [0.1, 0.15) is 37.4 Å². The quantitative estimate of drug-likeness (QED) is 0.543. The molecule has 0 saturated heterocycles. The number of halogens is 1. The number of carbonyl (C=O) groups is 2. The van der Waals surface area contributed by atoms with Crippen LogP contribution in [-0.2, 0) is 14.8 Å². The third kappa shape index (κ3) is 4.45. The molecule has 0 amide bonds. The molecule has 0 bridgehead atoms. The van der Waals surface area contributed by atoms with Crippen molar-refractivity contribution < 1.29 is 27.1 Å². The Bertz CT molecular complexity index is 1040. The number of Topliss-reactive ketones (excluding diaryl/α,β-unsaturated/α-hetero) is 1. The van der Waals surface area contributed by atoms with Crippen molar-refractivity contribution in [1.29, 1.82) is 0 Å². The molecule has 0 aliphatic rings. The summed E-state index contributed by atoms with van der Waals surface area (Å²) in [6.07, 6.45) is 0. The maximum absolute atomic E-state index is 14.0. The lowest BCUT2D eigenvalue weighted by Crippen LogP contribution is -2.23. The maximum atomic E-state index is 14.0. The molecule has 0 spiro atoms. The predicted molar refractivity (Wildman–Crippen MR) is 103 cm³/mol. The van der Waals surface area contributed by atoms with E-state index in [1.807, 2.05) is 19.9 Å². The van der Waals surface area contributed by atoms with E-state index in [-0.39, 0.29) is 4.90 Å². The predicted octanol–water partition coefficient (Wildman–Crippen LogP) is 3.04. The Labute approximate surface area is 164 Å². The summed E-state index contributed by atoms with van der Waals surface area (Å²) in [7, 11) is -1.21. The van der Waals surface area contributed by atoms with Crippen molar-refractivity contribution in [2.45, 2.75) is 25.7 Å². The molecule has 8 heteroatoms. The van der Waals surface area contributed by atoms with E-state index in [2.05, 4.69) is 0 Å². The molecule has 0 radical (unpaired) electrons. The second kappa shape index (κ2) is 8.20. The zero-order chi connectivity index (χ0) is 21.2. The van der Waals surface area contributed by atoms with Gasteiger partial charge in [0.25, 0.3) is 0 Å². The molecule has 0 fully saturated rings. The molecule has 2 aromatic carbocycles. The molecule has 2 aromatic rings. The summed E-state index contributed by atoms with van der Waals surface area (Å²) in [6, 6.07) is 6.41. The normalized spacial score (nSPS) is 11.5. The third-order valence-corrected chi connectivity index (χ3v) is 6.22. The van der Waals surface area contributed by atoms with Crippen LogP contribution >= 0.6 is 0 Å². The van der Waals surface area contributed by atoms with Crippen LogP contribution < -0.4 is 0 Å². The van der Waals surface area contributed by atoms with Crippen LogP contribution in [0, 0.1) is 26.6 Å². The molecule has 0 aliphatic heterocycles. The highest BCUT2D eigenvalue weighted by Crippen LogP contribution is 2.19. The first-order chi connectivity index (χ1) is 12.9. The summed E-state index contributed by atoms with van der Waals surface area (Å²) >= 11 is 0. The van der Waals surface area contributed by atoms with Crippen LogP contribution in [0.15, 0.2) is 35.2 Å². The van der Waals surface area contributed by atoms with Crippen LogP contribution in [0.5, 0.6) is 0 Å². The van der Waals surface area contributed by atoms with Gasteiger partial charge in [-0.1, -0.05) is 6.07 Å². The number of hydrogen-bond acceptors (Lipinski definition) is 5. The SMILES string of the molecule is Cc1cc(C)c(C(=O)COC(=O)c2cc(S(=O)(=O)N(C)C)ccc2F)cc1C. The summed E-state index contributed by atoms with van der Waals surface area (Å²) in [5.41, 5.74) is 2.57. The Morgan fingerprint density at radius 2 is 1.57 bits per heavy atom. The Balaban J connectivity index is 2.22. The Morgan fingerprint density at radius 3 is 2.18 bits per heavy atom. The molecule has 150 valence electrons. The van der Waals surface area contributed by atoms with Crippen molar-refractivity contribution in [3.8, 4) is 0 Å². The number of ether oxygens (including phenoxy) is 1. The lowest BCUT2D eigenvalue weighted by Gasteiger charge is -2.13. The topological polar surface area (TPSA) is 80.8 Å². The van der Waals surface area contributed by atoms with Gasteiger partial charge < -0.3 is 4.74 Å². The molecule has 0 N–H and O–H groups in total. The standard InChI is InChI=1S/C20H22FNO5S/c1-12-8-14(3)16(9-13(12)2)19(23)11-27-20(24)17-10-15(6-7-18(17)21)28(25,26)22(4)5/h6-10H,11H2,1-5H3. The Hall–Kier alpha value is -2.58. The molecule has 0 saturated carbocycles. The van der Waals surface area contributed by atoms with Gasteiger partial charge in [-0.3, -0.25) is 4.79 Å². The first-order valence-corrected chi connectivity index (χ1v) is 9.89. The molecule has 28 heavy (non-hydrogen) atoms. The number of hydrogen-bond donors (Lipinski definition) is 0. The van der Waals surface area contributed by atoms with Crippen LogP contribution in [0.2, 0.25) is 0 Å². The van der Waals surface area contributed by atoms with E-state index in [1.54, 1.807) is 13.0 Å². The van der Waals surface area contributed by atoms with Crippen molar-refractivity contribution in [2.24, 2.45) is 0 Å². The lowest BCUT2D eigenvalue weighted by atomic mass is 9.98. The summed E-state index contributed by atoms with van der Waals surface area (Å²) in [5, 5.41) is 0. The number of aryl methyl sites for hydroxylation is 3. The van der Waals surface area contributed by atoms with Crippen molar-refractivity contribution in [3.63, 3.8) is 0 Å². The molecule has 0 atom stereocenters. The van der Waals surface area contributed by atoms with E-state index >= 15 is 0 Å². The van der Waals surface area contributed by atoms with E-state index in [9.17, 15) is 22.4 Å². The first kappa shape index (κ1) is 21.7. The molecule has 0 aliphatic carbocycles. The number of nitrogens with zero attached hydrogens (tertiary/aromatic N) is 1. The number of carbonyl (C=O) groups excluding carboxylic acids is 2. The van der Waals surface area contributed by atoms with Gasteiger partial charge >= 0.3 is 5.97 Å². The van der Waals surface area contributed by atoms with Crippen molar-refractivity contribution in [2.75, 3.05) is 20.7 Å². The lowest BCUT2D eigenvalue weighted by molar-refractivity contribution is 0.0469. The first-order valence-electron chi connectivity index (χ1n) is 8.45. The monoisotopic (exact) mass is 407 g/mol. The summed E-state index contributed by atoms with van der Waals surface area (Å²) < 4.78 is 44.2. The highest BCUT2D eigenvalue weighted by atomic mass is 32.2. The molecular formula is C20H22FNO5S. The molecule has 0 unspecified atom stereocenters. The highest BCUT2D eigenvalue weighted by Gasteiger charge is 2.23. The summed E-state index contributed by atoms with van der Waals surface area (Å²) in [6.45, 7) is 4.99. The second-order valence-electron chi connectivity index (χ2n) is 6.68. The third-order valence-electron chi connectivity index (χ3n) is 4.41. The van der Waals surface area contributed by atoms with Crippen LogP contribution in [-0.4, -0.2) is 45.2 Å². The molecule has 0 heterocycles. The fourth-order valence-corrected chi connectivity index (χ4v) is 3.51. The molecule has 0 aromatic heterocycles. The van der Waals surface area contributed by atoms with Gasteiger partial charge in [-0.15, -0.1) is 0 Å². The fourth-order valence-electron chi connectivity index (χ4n) is 2.58. The minimum Gasteiger partial charge on any atom is -0.454 e. The van der Waals surface area contributed by atoms with E-state index < -0.39 is 39.8 Å².